The van der Waals surface area contributed by atoms with Crippen molar-refractivity contribution < 1.29 is 22.7 Å². The number of carbonyl (C=O) groups is 2. The van der Waals surface area contributed by atoms with Gasteiger partial charge in [0.15, 0.2) is 6.10 Å². The van der Waals surface area contributed by atoms with Gasteiger partial charge in [-0.1, -0.05) is 32.9 Å². The van der Waals surface area contributed by atoms with Crippen LogP contribution in [0.5, 0.6) is 5.75 Å². The fourth-order valence-corrected chi connectivity index (χ4v) is 6.29. The van der Waals surface area contributed by atoms with E-state index in [1.165, 1.54) is 15.9 Å². The fraction of sp³-hybridized carbons (Fsp3) is 0.462. The summed E-state index contributed by atoms with van der Waals surface area (Å²) in [5, 5.41) is 5.73. The SMILES string of the molecule is CC[C@@H]1Oc2cc(S(=O)(=O)N3CCC[C@@H](C(=O)Nc4ccc(C(C)C)cc4)C3)c(C)cc2NC1=O. The van der Waals surface area contributed by atoms with Crippen molar-refractivity contribution in [3.63, 3.8) is 0 Å². The standard InChI is InChI=1S/C26H33N3O5S/c1-5-22-26(31)28-21-13-17(4)24(14-23(21)34-22)35(32,33)29-12-6-7-19(15-29)25(30)27-20-10-8-18(9-11-20)16(2)3/h8-11,13-14,16,19,22H,5-7,12,15H2,1-4H3,(H,27,30)(H,28,31)/t19-,22+/m1/s1. The minimum Gasteiger partial charge on any atom is -0.478 e. The van der Waals surface area contributed by atoms with Crippen LogP contribution >= 0.6 is 0 Å². The minimum atomic E-state index is -3.86. The van der Waals surface area contributed by atoms with Crippen molar-refractivity contribution in [1.29, 1.82) is 0 Å². The molecule has 2 N–H and O–H groups in total. The number of anilines is 2. The molecule has 0 spiro atoms. The Bertz CT molecular complexity index is 1220. The van der Waals surface area contributed by atoms with E-state index in [0.717, 1.165) is 0 Å². The normalized spacial score (nSPS) is 20.7. The minimum absolute atomic E-state index is 0.115. The Labute approximate surface area is 207 Å². The predicted octanol–water partition coefficient (Wildman–Crippen LogP) is 4.27. The summed E-state index contributed by atoms with van der Waals surface area (Å²) in [4.78, 5) is 25.2. The van der Waals surface area contributed by atoms with Crippen LogP contribution in [0.3, 0.4) is 0 Å². The van der Waals surface area contributed by atoms with Gasteiger partial charge in [0.2, 0.25) is 15.9 Å². The molecule has 0 bridgehead atoms. The van der Waals surface area contributed by atoms with E-state index in [4.69, 9.17) is 4.74 Å². The van der Waals surface area contributed by atoms with Gasteiger partial charge in [0.05, 0.1) is 16.5 Å². The molecule has 2 aliphatic heterocycles. The van der Waals surface area contributed by atoms with E-state index in [2.05, 4.69) is 24.5 Å². The number of carbonyl (C=O) groups excluding carboxylic acids is 2. The highest BCUT2D eigenvalue weighted by Crippen LogP contribution is 2.36. The molecule has 0 saturated carbocycles. The number of ether oxygens (including phenoxy) is 1. The van der Waals surface area contributed by atoms with Crippen LogP contribution < -0.4 is 15.4 Å². The number of rotatable bonds is 6. The van der Waals surface area contributed by atoms with Crippen LogP contribution in [-0.2, 0) is 19.6 Å². The van der Waals surface area contributed by atoms with Crippen LogP contribution in [0.25, 0.3) is 0 Å². The van der Waals surface area contributed by atoms with Gasteiger partial charge in [-0.3, -0.25) is 9.59 Å². The van der Waals surface area contributed by atoms with Crippen LogP contribution in [0.15, 0.2) is 41.3 Å². The zero-order valence-electron chi connectivity index (χ0n) is 20.6. The lowest BCUT2D eigenvalue weighted by Crippen LogP contribution is -2.44. The van der Waals surface area contributed by atoms with E-state index in [-0.39, 0.29) is 23.3 Å². The van der Waals surface area contributed by atoms with Crippen molar-refractivity contribution in [1.82, 2.24) is 4.31 Å². The Morgan fingerprint density at radius 1 is 1.23 bits per heavy atom. The van der Waals surface area contributed by atoms with E-state index < -0.39 is 22.0 Å². The summed E-state index contributed by atoms with van der Waals surface area (Å²) in [7, 11) is -3.86. The second-order valence-corrected chi connectivity index (χ2v) is 11.5. The molecule has 1 saturated heterocycles. The average Bonchev–Trinajstić information content (AvgIpc) is 2.83. The second-order valence-electron chi connectivity index (χ2n) is 9.59. The predicted molar refractivity (Wildman–Crippen MR) is 135 cm³/mol. The zero-order chi connectivity index (χ0) is 25.3. The summed E-state index contributed by atoms with van der Waals surface area (Å²) >= 11 is 0. The van der Waals surface area contributed by atoms with Crippen LogP contribution in [0.2, 0.25) is 0 Å². The smallest absolute Gasteiger partial charge is 0.265 e. The molecule has 9 heteroatoms. The third kappa shape index (κ3) is 5.21. The number of aryl methyl sites for hydroxylation is 1. The second kappa shape index (κ2) is 9.99. The molecule has 2 aromatic carbocycles. The maximum atomic E-state index is 13.6. The first-order chi connectivity index (χ1) is 16.6. The zero-order valence-corrected chi connectivity index (χ0v) is 21.4. The number of benzene rings is 2. The first-order valence-corrected chi connectivity index (χ1v) is 13.6. The molecule has 2 heterocycles. The lowest BCUT2D eigenvalue weighted by atomic mass is 9.98. The number of hydrogen-bond acceptors (Lipinski definition) is 5. The number of amides is 2. The largest absolute Gasteiger partial charge is 0.478 e. The summed E-state index contributed by atoms with van der Waals surface area (Å²) in [6, 6.07) is 10.9. The van der Waals surface area contributed by atoms with E-state index in [1.54, 1.807) is 13.0 Å². The van der Waals surface area contributed by atoms with E-state index in [0.29, 0.717) is 54.4 Å². The fourth-order valence-electron chi connectivity index (χ4n) is 4.54. The summed E-state index contributed by atoms with van der Waals surface area (Å²) in [5.74, 6) is -0.114. The maximum Gasteiger partial charge on any atom is 0.265 e. The van der Waals surface area contributed by atoms with E-state index in [9.17, 15) is 18.0 Å². The Morgan fingerprint density at radius 2 is 1.94 bits per heavy atom. The number of sulfonamides is 1. The van der Waals surface area contributed by atoms with Crippen molar-refractivity contribution >= 4 is 33.2 Å². The molecule has 0 unspecified atom stereocenters. The molecule has 0 aliphatic carbocycles. The van der Waals surface area contributed by atoms with Crippen LogP contribution in [-0.4, -0.2) is 43.7 Å². The summed E-state index contributed by atoms with van der Waals surface area (Å²) in [6.45, 7) is 8.21. The van der Waals surface area contributed by atoms with Gasteiger partial charge in [-0.25, -0.2) is 8.42 Å². The van der Waals surface area contributed by atoms with Crippen LogP contribution in [0.1, 0.15) is 57.1 Å². The third-order valence-corrected chi connectivity index (χ3v) is 8.69. The summed E-state index contributed by atoms with van der Waals surface area (Å²) < 4.78 is 34.3. The van der Waals surface area contributed by atoms with E-state index >= 15 is 0 Å². The number of nitrogens with zero attached hydrogens (tertiary/aromatic N) is 1. The van der Waals surface area contributed by atoms with Crippen molar-refractivity contribution in [2.24, 2.45) is 5.92 Å². The maximum absolute atomic E-state index is 13.6. The van der Waals surface area contributed by atoms with Crippen LogP contribution in [0, 0.1) is 12.8 Å². The van der Waals surface area contributed by atoms with Gasteiger partial charge in [0.1, 0.15) is 5.75 Å². The van der Waals surface area contributed by atoms with E-state index in [1.807, 2.05) is 31.2 Å². The number of nitrogens with one attached hydrogen (secondary N) is 2. The molecule has 8 nitrogen and oxygen atoms in total. The molecule has 35 heavy (non-hydrogen) atoms. The summed E-state index contributed by atoms with van der Waals surface area (Å²) in [6.07, 6.45) is 1.04. The average molecular weight is 500 g/mol. The van der Waals surface area contributed by atoms with Gasteiger partial charge in [0.25, 0.3) is 5.91 Å². The highest BCUT2D eigenvalue weighted by Gasteiger charge is 2.36. The van der Waals surface area contributed by atoms with Gasteiger partial charge in [0, 0.05) is 24.8 Å². The Morgan fingerprint density at radius 3 is 2.60 bits per heavy atom. The molecule has 1 fully saturated rings. The van der Waals surface area contributed by atoms with Crippen LogP contribution in [0.4, 0.5) is 11.4 Å². The number of hydrogen-bond donors (Lipinski definition) is 2. The number of fused-ring (bicyclic) bond motifs is 1. The Hall–Kier alpha value is -2.91. The highest BCUT2D eigenvalue weighted by molar-refractivity contribution is 7.89. The lowest BCUT2D eigenvalue weighted by molar-refractivity contribution is -0.123. The van der Waals surface area contributed by atoms with Crippen molar-refractivity contribution in [2.75, 3.05) is 23.7 Å². The molecule has 0 aromatic heterocycles. The highest BCUT2D eigenvalue weighted by atomic mass is 32.2. The number of piperidine rings is 1. The first kappa shape index (κ1) is 25.2. The van der Waals surface area contributed by atoms with Gasteiger partial charge in [-0.15, -0.1) is 0 Å². The molecule has 2 atom stereocenters. The van der Waals surface area contributed by atoms with Crippen molar-refractivity contribution in [2.45, 2.75) is 63.9 Å². The van der Waals surface area contributed by atoms with Crippen molar-refractivity contribution in [3.8, 4) is 5.75 Å². The summed E-state index contributed by atoms with van der Waals surface area (Å²) in [5.41, 5.74) is 2.87. The molecule has 2 aromatic rings. The molecular weight excluding hydrogens is 466 g/mol. The lowest BCUT2D eigenvalue weighted by Gasteiger charge is -2.32. The van der Waals surface area contributed by atoms with Gasteiger partial charge in [-0.2, -0.15) is 4.31 Å². The molecule has 2 aliphatic rings. The molecular formula is C26H33N3O5S. The molecule has 188 valence electrons. The van der Waals surface area contributed by atoms with Gasteiger partial charge < -0.3 is 15.4 Å². The van der Waals surface area contributed by atoms with Gasteiger partial charge in [-0.05, 0) is 61.4 Å². The molecule has 4 rings (SSSR count). The first-order valence-electron chi connectivity index (χ1n) is 12.1. The Kier molecular flexibility index (Phi) is 7.19. The molecule has 0 radical (unpaired) electrons. The topological polar surface area (TPSA) is 105 Å². The Balaban J connectivity index is 1.51. The monoisotopic (exact) mass is 499 g/mol. The molecule has 2 amide bonds. The quantitative estimate of drug-likeness (QED) is 0.618. The third-order valence-electron chi connectivity index (χ3n) is 6.69. The van der Waals surface area contributed by atoms with Gasteiger partial charge >= 0.3 is 0 Å². The van der Waals surface area contributed by atoms with Crippen molar-refractivity contribution in [3.05, 3.63) is 47.5 Å².